The summed E-state index contributed by atoms with van der Waals surface area (Å²) in [6.07, 6.45) is 1.38. The number of carbonyl (C=O) groups is 1. The van der Waals surface area contributed by atoms with Gasteiger partial charge in [-0.1, -0.05) is 18.3 Å². The van der Waals surface area contributed by atoms with Gasteiger partial charge < -0.3 is 20.5 Å². The van der Waals surface area contributed by atoms with Crippen molar-refractivity contribution in [3.8, 4) is 5.75 Å². The standard InChI is InChI=1S/C20H20F3N5O3S2/c1-10(21)19(2)5-11-7-33-18(24)28-20(11,9-30-19)16-27-14(8-32-16)26-15(29)13-4-3-12(6-25-13)31-17(22)23/h3-4,6,8,11,17H,1,5,7,9H2,2H3,(H2,24,28)(H,26,29)/t11-,19+,20-/m0/s1. The zero-order valence-electron chi connectivity index (χ0n) is 17.4. The van der Waals surface area contributed by atoms with Gasteiger partial charge in [-0.2, -0.15) is 8.78 Å². The number of ether oxygens (including phenoxy) is 2. The molecule has 0 aromatic carbocycles. The first kappa shape index (κ1) is 23.5. The Hall–Kier alpha value is -2.64. The number of fused-ring (bicyclic) bond motifs is 1. The van der Waals surface area contributed by atoms with Gasteiger partial charge in [-0.25, -0.2) is 19.4 Å². The van der Waals surface area contributed by atoms with Crippen LogP contribution in [0.15, 0.2) is 41.1 Å². The maximum atomic E-state index is 14.0. The molecule has 0 unspecified atom stereocenters. The van der Waals surface area contributed by atoms with Gasteiger partial charge in [0, 0.05) is 17.1 Å². The van der Waals surface area contributed by atoms with Crippen LogP contribution in [0.1, 0.15) is 28.8 Å². The van der Waals surface area contributed by atoms with Crippen molar-refractivity contribution >= 4 is 40.0 Å². The van der Waals surface area contributed by atoms with E-state index in [-0.39, 0.29) is 29.8 Å². The van der Waals surface area contributed by atoms with Crippen LogP contribution in [0.4, 0.5) is 19.0 Å². The lowest BCUT2D eigenvalue weighted by Gasteiger charge is -2.48. The fourth-order valence-corrected chi connectivity index (χ4v) is 5.65. The second kappa shape index (κ2) is 8.95. The van der Waals surface area contributed by atoms with E-state index in [1.165, 1.54) is 35.2 Å². The van der Waals surface area contributed by atoms with E-state index in [0.717, 1.165) is 6.20 Å². The predicted octanol–water partition coefficient (Wildman–Crippen LogP) is 3.93. The number of hydrogen-bond acceptors (Lipinski definition) is 9. The number of thioether (sulfide) groups is 1. The van der Waals surface area contributed by atoms with E-state index in [4.69, 9.17) is 10.5 Å². The molecule has 0 spiro atoms. The van der Waals surface area contributed by atoms with Gasteiger partial charge in [0.2, 0.25) is 0 Å². The van der Waals surface area contributed by atoms with Crippen molar-refractivity contribution in [1.29, 1.82) is 0 Å². The van der Waals surface area contributed by atoms with Gasteiger partial charge in [0.25, 0.3) is 5.91 Å². The van der Waals surface area contributed by atoms with Crippen LogP contribution < -0.4 is 15.8 Å². The first-order valence-electron chi connectivity index (χ1n) is 9.76. The van der Waals surface area contributed by atoms with E-state index in [1.807, 2.05) is 0 Å². The molecular weight excluding hydrogens is 479 g/mol. The highest BCUT2D eigenvalue weighted by atomic mass is 32.2. The van der Waals surface area contributed by atoms with Gasteiger partial charge in [0.15, 0.2) is 5.17 Å². The number of halogens is 3. The average Bonchev–Trinajstić information content (AvgIpc) is 3.23. The Morgan fingerprint density at radius 2 is 2.24 bits per heavy atom. The molecule has 2 aromatic rings. The molecule has 0 aliphatic carbocycles. The second-order valence-electron chi connectivity index (χ2n) is 7.76. The molecule has 1 amide bonds. The summed E-state index contributed by atoms with van der Waals surface area (Å²) in [5.74, 6) is -0.521. The van der Waals surface area contributed by atoms with E-state index in [0.29, 0.717) is 22.3 Å². The van der Waals surface area contributed by atoms with Crippen LogP contribution in [0.25, 0.3) is 0 Å². The zero-order valence-corrected chi connectivity index (χ0v) is 19.0. The minimum Gasteiger partial charge on any atom is -0.433 e. The van der Waals surface area contributed by atoms with Crippen LogP contribution in [0, 0.1) is 5.92 Å². The number of nitrogens with two attached hydrogens (primary N) is 1. The number of amides is 1. The Balaban J connectivity index is 1.53. The van der Waals surface area contributed by atoms with Crippen molar-refractivity contribution in [2.24, 2.45) is 16.6 Å². The number of carbonyl (C=O) groups excluding carboxylic acids is 1. The fourth-order valence-electron chi connectivity index (χ4n) is 3.69. The fraction of sp³-hybridized carbons (Fsp3) is 0.400. The van der Waals surface area contributed by atoms with Crippen LogP contribution in [0.3, 0.4) is 0 Å². The van der Waals surface area contributed by atoms with Crippen LogP contribution in [0.2, 0.25) is 0 Å². The first-order chi connectivity index (χ1) is 15.6. The molecule has 176 valence electrons. The number of nitrogens with one attached hydrogen (secondary N) is 1. The number of aliphatic imine (C=N–C) groups is 1. The molecule has 4 heterocycles. The predicted molar refractivity (Wildman–Crippen MR) is 119 cm³/mol. The number of thiazole rings is 1. The molecule has 0 saturated carbocycles. The third-order valence-corrected chi connectivity index (χ3v) is 7.51. The topological polar surface area (TPSA) is 112 Å². The quantitative estimate of drug-likeness (QED) is 0.620. The maximum absolute atomic E-state index is 14.0. The summed E-state index contributed by atoms with van der Waals surface area (Å²) in [6, 6.07) is 2.48. The van der Waals surface area contributed by atoms with Gasteiger partial charge in [0.05, 0.1) is 12.8 Å². The third-order valence-electron chi connectivity index (χ3n) is 5.55. The Bertz CT molecular complexity index is 1100. The van der Waals surface area contributed by atoms with Gasteiger partial charge in [-0.3, -0.25) is 4.79 Å². The van der Waals surface area contributed by atoms with Crippen molar-refractivity contribution in [2.45, 2.75) is 31.1 Å². The number of hydrogen-bond donors (Lipinski definition) is 2. The summed E-state index contributed by atoms with van der Waals surface area (Å²) in [5, 5.41) is 5.22. The van der Waals surface area contributed by atoms with Crippen molar-refractivity contribution in [1.82, 2.24) is 9.97 Å². The van der Waals surface area contributed by atoms with E-state index in [9.17, 15) is 18.0 Å². The summed E-state index contributed by atoms with van der Waals surface area (Å²) >= 11 is 2.66. The monoisotopic (exact) mass is 499 g/mol. The molecule has 4 rings (SSSR count). The molecule has 0 bridgehead atoms. The molecule has 3 N–H and O–H groups in total. The minimum absolute atomic E-state index is 0.00300. The molecular formula is C20H20F3N5O3S2. The number of nitrogens with zero attached hydrogens (tertiary/aromatic N) is 3. The van der Waals surface area contributed by atoms with Crippen molar-refractivity contribution in [3.05, 3.63) is 46.8 Å². The molecule has 13 heteroatoms. The molecule has 2 aliphatic rings. The molecule has 2 aromatic heterocycles. The van der Waals surface area contributed by atoms with Gasteiger partial charge in [-0.05, 0) is 25.5 Å². The lowest BCUT2D eigenvalue weighted by molar-refractivity contribution is -0.108. The number of rotatable bonds is 6. The lowest BCUT2D eigenvalue weighted by atomic mass is 9.76. The van der Waals surface area contributed by atoms with E-state index < -0.39 is 29.5 Å². The normalized spacial score (nSPS) is 26.9. The highest BCUT2D eigenvalue weighted by molar-refractivity contribution is 8.13. The summed E-state index contributed by atoms with van der Waals surface area (Å²) in [6.45, 7) is 2.15. The van der Waals surface area contributed by atoms with Crippen LogP contribution >= 0.6 is 23.1 Å². The Kier molecular flexibility index (Phi) is 6.38. The number of anilines is 1. The van der Waals surface area contributed by atoms with Crippen LogP contribution in [-0.2, 0) is 10.3 Å². The van der Waals surface area contributed by atoms with E-state index in [2.05, 4.69) is 31.6 Å². The Morgan fingerprint density at radius 1 is 1.45 bits per heavy atom. The average molecular weight is 500 g/mol. The lowest BCUT2D eigenvalue weighted by Crippen LogP contribution is -2.54. The van der Waals surface area contributed by atoms with Gasteiger partial charge in [0.1, 0.15) is 39.2 Å². The number of alkyl halides is 2. The highest BCUT2D eigenvalue weighted by Gasteiger charge is 2.54. The largest absolute Gasteiger partial charge is 0.433 e. The summed E-state index contributed by atoms with van der Waals surface area (Å²) in [7, 11) is 0. The first-order valence-corrected chi connectivity index (χ1v) is 11.6. The molecule has 8 nitrogen and oxygen atoms in total. The highest BCUT2D eigenvalue weighted by Crippen LogP contribution is 2.50. The molecule has 33 heavy (non-hydrogen) atoms. The van der Waals surface area contributed by atoms with E-state index >= 15 is 0 Å². The van der Waals surface area contributed by atoms with E-state index in [1.54, 1.807) is 12.3 Å². The number of aromatic nitrogens is 2. The Labute approximate surface area is 195 Å². The molecule has 1 fully saturated rings. The minimum atomic E-state index is -2.98. The van der Waals surface area contributed by atoms with Gasteiger partial charge in [-0.15, -0.1) is 11.3 Å². The third kappa shape index (κ3) is 4.70. The van der Waals surface area contributed by atoms with Gasteiger partial charge >= 0.3 is 6.61 Å². The van der Waals surface area contributed by atoms with Crippen LogP contribution in [0.5, 0.6) is 5.75 Å². The summed E-state index contributed by atoms with van der Waals surface area (Å²) < 4.78 is 48.6. The molecule has 0 radical (unpaired) electrons. The Morgan fingerprint density at radius 3 is 2.91 bits per heavy atom. The van der Waals surface area contributed by atoms with Crippen LogP contribution in [-0.4, -0.2) is 45.6 Å². The smallest absolute Gasteiger partial charge is 0.387 e. The van der Waals surface area contributed by atoms with Crippen molar-refractivity contribution in [2.75, 3.05) is 17.7 Å². The summed E-state index contributed by atoms with van der Waals surface area (Å²) in [5.41, 5.74) is 3.99. The molecule has 1 saturated heterocycles. The maximum Gasteiger partial charge on any atom is 0.387 e. The van der Waals surface area contributed by atoms with Crippen molar-refractivity contribution in [3.63, 3.8) is 0 Å². The molecule has 2 aliphatic heterocycles. The number of pyridine rings is 1. The second-order valence-corrected chi connectivity index (χ2v) is 9.66. The zero-order chi connectivity index (χ0) is 23.8. The number of amidine groups is 1. The van der Waals surface area contributed by atoms with Crippen molar-refractivity contribution < 1.29 is 27.4 Å². The molecule has 3 atom stereocenters. The SMILES string of the molecule is C=C(F)[C@@]1(C)C[C@H]2CSC(N)=N[C@@]2(c2nc(NC(=O)c3ccc(OC(F)F)cn3)cs2)CO1. The summed E-state index contributed by atoms with van der Waals surface area (Å²) in [4.78, 5) is 25.5.